The molecule has 0 saturated heterocycles. The zero-order valence-electron chi connectivity index (χ0n) is 17.5. The van der Waals surface area contributed by atoms with Gasteiger partial charge in [-0.2, -0.15) is 9.78 Å². The van der Waals surface area contributed by atoms with E-state index < -0.39 is 0 Å². The number of pyridine rings is 1. The summed E-state index contributed by atoms with van der Waals surface area (Å²) in [4.78, 5) is 26.8. The summed E-state index contributed by atoms with van der Waals surface area (Å²) in [6.45, 7) is 6.19. The van der Waals surface area contributed by atoms with Crippen LogP contribution in [0.4, 0.5) is 5.82 Å². The fraction of sp³-hybridized carbons (Fsp3) is 0.174. The van der Waals surface area contributed by atoms with Gasteiger partial charge in [0.2, 0.25) is 0 Å². The van der Waals surface area contributed by atoms with Gasteiger partial charge in [-0.25, -0.2) is 15.0 Å². The van der Waals surface area contributed by atoms with Crippen molar-refractivity contribution in [3.63, 3.8) is 0 Å². The van der Waals surface area contributed by atoms with Crippen molar-refractivity contribution in [3.05, 3.63) is 84.4 Å². The number of aromatic nitrogens is 5. The Labute approximate surface area is 185 Å². The highest BCUT2D eigenvalue weighted by Crippen LogP contribution is 2.27. The Morgan fingerprint density at radius 2 is 1.65 bits per heavy atom. The van der Waals surface area contributed by atoms with Gasteiger partial charge in [0.05, 0.1) is 5.69 Å². The minimum Gasteiger partial charge on any atom is -0.306 e. The number of benzene rings is 1. The van der Waals surface area contributed by atoms with Crippen molar-refractivity contribution in [1.29, 1.82) is 0 Å². The second-order valence-corrected chi connectivity index (χ2v) is 8.97. The molecule has 0 radical (unpaired) electrons. The standard InChI is InChI=1S/C23H22N6OS/c1-23(2,3)18-15-19(29(28-18)22-25-13-6-14-26-22)27-21(30)16-8-10-17(11-9-16)31-20-7-4-5-12-24-20/h4-15H,1-3H3,(H,27,30). The van der Waals surface area contributed by atoms with E-state index >= 15 is 0 Å². The van der Waals surface area contributed by atoms with Gasteiger partial charge in [0.15, 0.2) is 0 Å². The molecule has 0 saturated carbocycles. The minimum absolute atomic E-state index is 0.191. The second-order valence-electron chi connectivity index (χ2n) is 7.87. The monoisotopic (exact) mass is 430 g/mol. The molecule has 3 aromatic heterocycles. The lowest BCUT2D eigenvalue weighted by molar-refractivity contribution is 0.102. The van der Waals surface area contributed by atoms with Crippen LogP contribution in [0.25, 0.3) is 5.95 Å². The quantitative estimate of drug-likeness (QED) is 0.491. The van der Waals surface area contributed by atoms with Crippen LogP contribution in [0.2, 0.25) is 0 Å². The lowest BCUT2D eigenvalue weighted by Gasteiger charge is -2.13. The second kappa shape index (κ2) is 8.69. The molecule has 1 N–H and O–H groups in total. The molecule has 0 spiro atoms. The van der Waals surface area contributed by atoms with E-state index in [1.54, 1.807) is 53.2 Å². The molecule has 3 heterocycles. The van der Waals surface area contributed by atoms with E-state index in [9.17, 15) is 4.79 Å². The van der Waals surface area contributed by atoms with Crippen molar-refractivity contribution in [2.24, 2.45) is 0 Å². The first-order chi connectivity index (χ1) is 14.9. The Morgan fingerprint density at radius 3 is 2.29 bits per heavy atom. The topological polar surface area (TPSA) is 85.6 Å². The lowest BCUT2D eigenvalue weighted by Crippen LogP contribution is -2.16. The summed E-state index contributed by atoms with van der Waals surface area (Å²) in [6.07, 6.45) is 5.05. The van der Waals surface area contributed by atoms with Gasteiger partial charge in [-0.05, 0) is 42.5 Å². The zero-order chi connectivity index (χ0) is 21.8. The van der Waals surface area contributed by atoms with Crippen molar-refractivity contribution in [2.45, 2.75) is 36.1 Å². The first kappa shape index (κ1) is 20.7. The molecule has 7 nitrogen and oxygen atoms in total. The van der Waals surface area contributed by atoms with Gasteiger partial charge >= 0.3 is 0 Å². The molecule has 31 heavy (non-hydrogen) atoms. The summed E-state index contributed by atoms with van der Waals surface area (Å²) in [5.41, 5.74) is 1.19. The summed E-state index contributed by atoms with van der Waals surface area (Å²) in [5.74, 6) is 0.690. The van der Waals surface area contributed by atoms with Crippen LogP contribution >= 0.6 is 11.8 Å². The van der Waals surface area contributed by atoms with Crippen LogP contribution in [0, 0.1) is 0 Å². The van der Waals surface area contributed by atoms with Crippen LogP contribution in [-0.2, 0) is 5.41 Å². The molecule has 0 atom stereocenters. The minimum atomic E-state index is -0.230. The predicted octanol–water partition coefficient (Wildman–Crippen LogP) is 4.76. The Morgan fingerprint density at radius 1 is 0.935 bits per heavy atom. The van der Waals surface area contributed by atoms with E-state index in [1.165, 1.54) is 0 Å². The highest BCUT2D eigenvalue weighted by atomic mass is 32.2. The molecular formula is C23H22N6OS. The van der Waals surface area contributed by atoms with Crippen molar-refractivity contribution < 1.29 is 4.79 Å². The Kier molecular flexibility index (Phi) is 5.81. The number of amides is 1. The van der Waals surface area contributed by atoms with E-state index in [1.807, 2.05) is 36.4 Å². The highest BCUT2D eigenvalue weighted by molar-refractivity contribution is 7.99. The SMILES string of the molecule is CC(C)(C)c1cc(NC(=O)c2ccc(Sc3ccccn3)cc2)n(-c2ncccn2)n1. The maximum Gasteiger partial charge on any atom is 0.256 e. The van der Waals surface area contributed by atoms with Crippen molar-refractivity contribution in [1.82, 2.24) is 24.7 Å². The Balaban J connectivity index is 1.56. The molecule has 1 aromatic carbocycles. The molecule has 0 aliphatic heterocycles. The first-order valence-corrected chi connectivity index (χ1v) is 10.6. The van der Waals surface area contributed by atoms with Crippen LogP contribution in [-0.4, -0.2) is 30.6 Å². The smallest absolute Gasteiger partial charge is 0.256 e. The highest BCUT2D eigenvalue weighted by Gasteiger charge is 2.22. The van der Waals surface area contributed by atoms with Crippen LogP contribution in [0.15, 0.2) is 83.1 Å². The van der Waals surface area contributed by atoms with Crippen molar-refractivity contribution in [3.8, 4) is 5.95 Å². The fourth-order valence-electron chi connectivity index (χ4n) is 2.78. The average molecular weight is 431 g/mol. The third-order valence-electron chi connectivity index (χ3n) is 4.44. The maximum atomic E-state index is 12.9. The van der Waals surface area contributed by atoms with Gasteiger partial charge in [-0.1, -0.05) is 38.6 Å². The summed E-state index contributed by atoms with van der Waals surface area (Å²) in [5, 5.41) is 8.48. The van der Waals surface area contributed by atoms with Crippen molar-refractivity contribution in [2.75, 3.05) is 5.32 Å². The van der Waals surface area contributed by atoms with E-state index in [0.717, 1.165) is 15.6 Å². The number of nitrogens with one attached hydrogen (secondary N) is 1. The molecule has 156 valence electrons. The molecule has 4 rings (SSSR count). The van der Waals surface area contributed by atoms with E-state index in [-0.39, 0.29) is 11.3 Å². The molecular weight excluding hydrogens is 408 g/mol. The van der Waals surface area contributed by atoms with Crippen LogP contribution in [0.3, 0.4) is 0 Å². The van der Waals surface area contributed by atoms with Crippen LogP contribution < -0.4 is 5.32 Å². The van der Waals surface area contributed by atoms with Crippen LogP contribution in [0.5, 0.6) is 0 Å². The predicted molar refractivity (Wildman–Crippen MR) is 121 cm³/mol. The number of nitrogens with zero attached hydrogens (tertiary/aromatic N) is 5. The van der Waals surface area contributed by atoms with E-state index in [2.05, 4.69) is 46.1 Å². The van der Waals surface area contributed by atoms with Crippen LogP contribution in [0.1, 0.15) is 36.8 Å². The van der Waals surface area contributed by atoms with Gasteiger partial charge in [-0.3, -0.25) is 4.79 Å². The van der Waals surface area contributed by atoms with Gasteiger partial charge in [0.25, 0.3) is 11.9 Å². The number of hydrogen-bond donors (Lipinski definition) is 1. The number of carbonyl (C=O) groups is 1. The zero-order valence-corrected chi connectivity index (χ0v) is 18.3. The third-order valence-corrected chi connectivity index (χ3v) is 5.40. The van der Waals surface area contributed by atoms with Gasteiger partial charge in [-0.15, -0.1) is 0 Å². The lowest BCUT2D eigenvalue weighted by atomic mass is 9.92. The summed E-state index contributed by atoms with van der Waals surface area (Å²) < 4.78 is 1.56. The number of hydrogen-bond acceptors (Lipinski definition) is 6. The largest absolute Gasteiger partial charge is 0.306 e. The molecule has 0 unspecified atom stereocenters. The summed E-state index contributed by atoms with van der Waals surface area (Å²) in [7, 11) is 0. The average Bonchev–Trinajstić information content (AvgIpc) is 3.20. The maximum absolute atomic E-state index is 12.9. The van der Waals surface area contributed by atoms with Gasteiger partial charge in [0, 0.05) is 40.5 Å². The molecule has 1 amide bonds. The molecule has 0 fully saturated rings. The van der Waals surface area contributed by atoms with Crippen molar-refractivity contribution >= 4 is 23.5 Å². The van der Waals surface area contributed by atoms with Gasteiger partial charge in [0.1, 0.15) is 10.8 Å². The Bertz CT molecular complexity index is 1170. The first-order valence-electron chi connectivity index (χ1n) is 9.78. The third kappa shape index (κ3) is 4.97. The summed E-state index contributed by atoms with van der Waals surface area (Å²) >= 11 is 1.54. The molecule has 0 bridgehead atoms. The van der Waals surface area contributed by atoms with Gasteiger partial charge < -0.3 is 5.32 Å². The molecule has 0 aliphatic rings. The summed E-state index contributed by atoms with van der Waals surface area (Å²) in [6, 6.07) is 16.8. The fourth-order valence-corrected chi connectivity index (χ4v) is 3.55. The van der Waals surface area contributed by atoms with E-state index in [0.29, 0.717) is 17.3 Å². The molecule has 8 heteroatoms. The number of rotatable bonds is 5. The Hall–Kier alpha value is -3.52. The van der Waals surface area contributed by atoms with E-state index in [4.69, 9.17) is 0 Å². The normalized spacial score (nSPS) is 11.3. The molecule has 0 aliphatic carbocycles. The number of anilines is 1. The molecule has 4 aromatic rings. The number of carbonyl (C=O) groups excluding carboxylic acids is 1.